The van der Waals surface area contributed by atoms with Crippen molar-refractivity contribution in [1.29, 1.82) is 0 Å². The Balaban J connectivity index is 1.57. The average Bonchev–Trinajstić information content (AvgIpc) is 2.94. The van der Waals surface area contributed by atoms with E-state index >= 15 is 0 Å². The van der Waals surface area contributed by atoms with E-state index in [1.54, 1.807) is 21.3 Å². The van der Waals surface area contributed by atoms with Crippen molar-refractivity contribution < 1.29 is 18.9 Å². The number of hydrogen-bond donors (Lipinski definition) is 0. The van der Waals surface area contributed by atoms with Crippen LogP contribution in [0.4, 0.5) is 0 Å². The molecule has 6 heteroatoms. The van der Waals surface area contributed by atoms with Gasteiger partial charge in [0.25, 0.3) is 0 Å². The minimum Gasteiger partial charge on any atom is -0.497 e. The summed E-state index contributed by atoms with van der Waals surface area (Å²) >= 11 is 0. The molecule has 0 saturated carbocycles. The van der Waals surface area contributed by atoms with Crippen molar-refractivity contribution in [2.75, 3.05) is 54.1 Å². The van der Waals surface area contributed by atoms with Gasteiger partial charge in [-0.3, -0.25) is 4.90 Å². The van der Waals surface area contributed by atoms with Crippen LogP contribution >= 0.6 is 0 Å². The number of ether oxygens (including phenoxy) is 4. The highest BCUT2D eigenvalue weighted by atomic mass is 16.5. The monoisotopic (exact) mass is 426 g/mol. The minimum absolute atomic E-state index is 0.178. The molecule has 0 bridgehead atoms. The van der Waals surface area contributed by atoms with Crippen molar-refractivity contribution in [2.24, 2.45) is 0 Å². The molecule has 0 unspecified atom stereocenters. The Bertz CT molecular complexity index is 864. The first-order valence-electron chi connectivity index (χ1n) is 11.1. The van der Waals surface area contributed by atoms with E-state index in [1.807, 2.05) is 12.1 Å². The van der Waals surface area contributed by atoms with Crippen LogP contribution in [0, 0.1) is 0 Å². The maximum Gasteiger partial charge on any atom is 0.124 e. The Morgan fingerprint density at radius 3 is 2.52 bits per heavy atom. The summed E-state index contributed by atoms with van der Waals surface area (Å²) in [5.41, 5.74) is 2.19. The van der Waals surface area contributed by atoms with Crippen molar-refractivity contribution in [2.45, 2.75) is 31.5 Å². The molecule has 6 nitrogen and oxygen atoms in total. The molecule has 2 aliphatic rings. The molecule has 4 rings (SSSR count). The Hall–Kier alpha value is -2.28. The summed E-state index contributed by atoms with van der Waals surface area (Å²) in [6, 6.07) is 14.5. The lowest BCUT2D eigenvalue weighted by Crippen LogP contribution is -2.53. The van der Waals surface area contributed by atoms with E-state index in [9.17, 15) is 0 Å². The summed E-state index contributed by atoms with van der Waals surface area (Å²) in [6.07, 6.45) is 2.02. The first-order chi connectivity index (χ1) is 15.1. The topological polar surface area (TPSA) is 43.4 Å². The number of piperidine rings is 1. The fraction of sp³-hybridized carbons (Fsp3) is 0.520. The van der Waals surface area contributed by atoms with Crippen LogP contribution < -0.4 is 14.2 Å². The summed E-state index contributed by atoms with van der Waals surface area (Å²) < 4.78 is 23.1. The molecule has 31 heavy (non-hydrogen) atoms. The lowest BCUT2D eigenvalue weighted by atomic mass is 9.90. The molecule has 0 aliphatic carbocycles. The highest BCUT2D eigenvalue weighted by molar-refractivity contribution is 5.41. The lowest BCUT2D eigenvalue weighted by molar-refractivity contribution is -0.0234. The number of rotatable bonds is 7. The van der Waals surface area contributed by atoms with Crippen molar-refractivity contribution >= 4 is 0 Å². The number of hydrogen-bond acceptors (Lipinski definition) is 6. The number of likely N-dealkylation sites (tertiary alicyclic amines) is 1. The largest absolute Gasteiger partial charge is 0.497 e. The zero-order chi connectivity index (χ0) is 21.7. The summed E-state index contributed by atoms with van der Waals surface area (Å²) in [6.45, 7) is 6.34. The molecule has 0 atom stereocenters. The van der Waals surface area contributed by atoms with Gasteiger partial charge in [0, 0.05) is 70.3 Å². The first-order valence-corrected chi connectivity index (χ1v) is 11.1. The van der Waals surface area contributed by atoms with E-state index in [1.165, 1.54) is 5.56 Å². The van der Waals surface area contributed by atoms with Crippen LogP contribution in [0.5, 0.6) is 17.2 Å². The highest BCUT2D eigenvalue weighted by Crippen LogP contribution is 2.37. The molecule has 2 aromatic rings. The van der Waals surface area contributed by atoms with Gasteiger partial charge in [0.1, 0.15) is 22.8 Å². The van der Waals surface area contributed by atoms with Gasteiger partial charge in [0.2, 0.25) is 0 Å². The molecular weight excluding hydrogens is 392 g/mol. The van der Waals surface area contributed by atoms with E-state index in [4.69, 9.17) is 18.9 Å². The van der Waals surface area contributed by atoms with Gasteiger partial charge in [0.05, 0.1) is 20.8 Å². The summed E-state index contributed by atoms with van der Waals surface area (Å²) in [5, 5.41) is 0. The Morgan fingerprint density at radius 2 is 1.77 bits per heavy atom. The standard InChI is InChI=1S/C25H34N2O4/c1-28-15-14-26-12-10-25(11-13-26)19-27(17-20-6-4-5-7-24(20)31-25)18-21-16-22(29-2)8-9-23(21)30-3/h4-9,16H,10-15,17-19H2,1-3H3. The number of fused-ring (bicyclic) bond motifs is 1. The Kier molecular flexibility index (Phi) is 7.00. The molecule has 1 saturated heterocycles. The van der Waals surface area contributed by atoms with E-state index in [0.29, 0.717) is 0 Å². The maximum absolute atomic E-state index is 6.75. The van der Waals surface area contributed by atoms with Gasteiger partial charge in [-0.15, -0.1) is 0 Å². The van der Waals surface area contributed by atoms with E-state index < -0.39 is 0 Å². The van der Waals surface area contributed by atoms with Gasteiger partial charge < -0.3 is 23.8 Å². The van der Waals surface area contributed by atoms with Crippen molar-refractivity contribution in [3.8, 4) is 17.2 Å². The number of methoxy groups -OCH3 is 3. The zero-order valence-corrected chi connectivity index (χ0v) is 18.9. The molecule has 0 N–H and O–H groups in total. The van der Waals surface area contributed by atoms with Crippen LogP contribution in [-0.4, -0.2) is 69.5 Å². The second kappa shape index (κ2) is 9.90. The van der Waals surface area contributed by atoms with Gasteiger partial charge in [-0.05, 0) is 24.3 Å². The molecule has 1 fully saturated rings. The number of para-hydroxylation sites is 1. The summed E-state index contributed by atoms with van der Waals surface area (Å²) in [5.74, 6) is 2.76. The van der Waals surface area contributed by atoms with Crippen molar-refractivity contribution in [1.82, 2.24) is 9.80 Å². The fourth-order valence-corrected chi connectivity index (χ4v) is 4.73. The van der Waals surface area contributed by atoms with E-state index in [-0.39, 0.29) is 5.60 Å². The van der Waals surface area contributed by atoms with Gasteiger partial charge in [0.15, 0.2) is 0 Å². The predicted molar refractivity (Wildman–Crippen MR) is 121 cm³/mol. The number of benzene rings is 2. The smallest absolute Gasteiger partial charge is 0.124 e. The molecule has 1 spiro atoms. The van der Waals surface area contributed by atoms with Crippen LogP contribution in [0.3, 0.4) is 0 Å². The number of nitrogens with zero attached hydrogens (tertiary/aromatic N) is 2. The quantitative estimate of drug-likeness (QED) is 0.674. The van der Waals surface area contributed by atoms with Crippen molar-refractivity contribution in [3.05, 3.63) is 53.6 Å². The van der Waals surface area contributed by atoms with Crippen molar-refractivity contribution in [3.63, 3.8) is 0 Å². The van der Waals surface area contributed by atoms with Crippen LogP contribution in [0.25, 0.3) is 0 Å². The van der Waals surface area contributed by atoms with Gasteiger partial charge in [-0.2, -0.15) is 0 Å². The Morgan fingerprint density at radius 1 is 0.968 bits per heavy atom. The van der Waals surface area contributed by atoms with Crippen LogP contribution in [0.2, 0.25) is 0 Å². The molecule has 0 radical (unpaired) electrons. The van der Waals surface area contributed by atoms with Crippen LogP contribution in [0.15, 0.2) is 42.5 Å². The third-order valence-corrected chi connectivity index (χ3v) is 6.47. The highest BCUT2D eigenvalue weighted by Gasteiger charge is 2.40. The van der Waals surface area contributed by atoms with Gasteiger partial charge in [-0.25, -0.2) is 0 Å². The third kappa shape index (κ3) is 5.14. The summed E-state index contributed by atoms with van der Waals surface area (Å²) in [4.78, 5) is 4.97. The molecule has 0 amide bonds. The first kappa shape index (κ1) is 21.9. The van der Waals surface area contributed by atoms with Gasteiger partial charge >= 0.3 is 0 Å². The molecule has 2 aromatic carbocycles. The zero-order valence-electron chi connectivity index (χ0n) is 18.9. The van der Waals surface area contributed by atoms with Gasteiger partial charge in [-0.1, -0.05) is 18.2 Å². The molecular formula is C25H34N2O4. The average molecular weight is 427 g/mol. The summed E-state index contributed by atoms with van der Waals surface area (Å²) in [7, 11) is 5.19. The SMILES string of the molecule is COCCN1CCC2(CC1)CN(Cc1cc(OC)ccc1OC)Cc1ccccc1O2. The van der Waals surface area contributed by atoms with E-state index in [0.717, 1.165) is 81.5 Å². The van der Waals surface area contributed by atoms with Crippen LogP contribution in [0.1, 0.15) is 24.0 Å². The fourth-order valence-electron chi connectivity index (χ4n) is 4.73. The third-order valence-electron chi connectivity index (χ3n) is 6.47. The molecule has 0 aromatic heterocycles. The molecule has 168 valence electrons. The molecule has 2 aliphatic heterocycles. The normalized spacial score (nSPS) is 18.8. The molecule has 2 heterocycles. The maximum atomic E-state index is 6.75. The van der Waals surface area contributed by atoms with Crippen LogP contribution in [-0.2, 0) is 17.8 Å². The minimum atomic E-state index is -0.178. The second-order valence-corrected chi connectivity index (χ2v) is 8.55. The lowest BCUT2D eigenvalue weighted by Gasteiger charge is -2.43. The van der Waals surface area contributed by atoms with E-state index in [2.05, 4.69) is 40.1 Å². The predicted octanol–water partition coefficient (Wildman–Crippen LogP) is 3.58. The Labute approximate surface area is 185 Å². The second-order valence-electron chi connectivity index (χ2n) is 8.55.